The standard InChI is InChI=1S/C17H18FNO/c1-12-3-5-14(6-4-12)7-10-17(20)19-16-9-8-15(18)11-13(16)2/h3-6,8-9,11H,7,10H2,1-2H3,(H,19,20). The minimum absolute atomic E-state index is 0.0553. The Labute approximate surface area is 118 Å². The lowest BCUT2D eigenvalue weighted by molar-refractivity contribution is -0.116. The van der Waals surface area contributed by atoms with Crippen molar-refractivity contribution < 1.29 is 9.18 Å². The zero-order chi connectivity index (χ0) is 14.5. The van der Waals surface area contributed by atoms with E-state index >= 15 is 0 Å². The van der Waals surface area contributed by atoms with Gasteiger partial charge in [0.15, 0.2) is 0 Å². The second kappa shape index (κ2) is 6.33. The topological polar surface area (TPSA) is 29.1 Å². The van der Waals surface area contributed by atoms with Gasteiger partial charge in [-0.2, -0.15) is 0 Å². The Balaban J connectivity index is 1.90. The van der Waals surface area contributed by atoms with Gasteiger partial charge in [-0.3, -0.25) is 4.79 Å². The third-order valence-electron chi connectivity index (χ3n) is 3.22. The molecule has 0 aromatic heterocycles. The van der Waals surface area contributed by atoms with Gasteiger partial charge >= 0.3 is 0 Å². The van der Waals surface area contributed by atoms with Crippen LogP contribution in [0.1, 0.15) is 23.1 Å². The highest BCUT2D eigenvalue weighted by Crippen LogP contribution is 2.16. The molecule has 0 radical (unpaired) electrons. The number of carbonyl (C=O) groups is 1. The average Bonchev–Trinajstić information content (AvgIpc) is 2.41. The summed E-state index contributed by atoms with van der Waals surface area (Å²) in [5.74, 6) is -0.347. The molecule has 0 aliphatic rings. The maximum atomic E-state index is 13.0. The number of rotatable bonds is 4. The van der Waals surface area contributed by atoms with Crippen molar-refractivity contribution in [1.82, 2.24) is 0 Å². The van der Waals surface area contributed by atoms with E-state index in [2.05, 4.69) is 5.32 Å². The first-order valence-corrected chi connectivity index (χ1v) is 6.66. The van der Waals surface area contributed by atoms with E-state index in [1.165, 1.54) is 17.7 Å². The van der Waals surface area contributed by atoms with Crippen molar-refractivity contribution >= 4 is 11.6 Å². The molecule has 2 rings (SSSR count). The second-order valence-electron chi connectivity index (χ2n) is 4.99. The van der Waals surface area contributed by atoms with Gasteiger partial charge in [-0.1, -0.05) is 29.8 Å². The summed E-state index contributed by atoms with van der Waals surface area (Å²) in [4.78, 5) is 11.9. The van der Waals surface area contributed by atoms with E-state index < -0.39 is 0 Å². The molecular formula is C17H18FNO. The minimum Gasteiger partial charge on any atom is -0.326 e. The smallest absolute Gasteiger partial charge is 0.224 e. The predicted octanol–water partition coefficient (Wildman–Crippen LogP) is 4.01. The van der Waals surface area contributed by atoms with Gasteiger partial charge in [-0.05, 0) is 49.6 Å². The highest BCUT2D eigenvalue weighted by molar-refractivity contribution is 5.91. The van der Waals surface area contributed by atoms with Crippen LogP contribution in [-0.4, -0.2) is 5.91 Å². The second-order valence-corrected chi connectivity index (χ2v) is 4.99. The van der Waals surface area contributed by atoms with Gasteiger partial charge < -0.3 is 5.32 Å². The van der Waals surface area contributed by atoms with E-state index in [9.17, 15) is 9.18 Å². The van der Waals surface area contributed by atoms with E-state index in [1.54, 1.807) is 13.0 Å². The number of aryl methyl sites for hydroxylation is 3. The Bertz CT molecular complexity index is 605. The van der Waals surface area contributed by atoms with Crippen molar-refractivity contribution in [2.24, 2.45) is 0 Å². The van der Waals surface area contributed by atoms with Gasteiger partial charge in [0, 0.05) is 12.1 Å². The number of amides is 1. The van der Waals surface area contributed by atoms with Crippen LogP contribution in [0.2, 0.25) is 0 Å². The Morgan fingerprint density at radius 1 is 1.10 bits per heavy atom. The number of nitrogens with one attached hydrogen (secondary N) is 1. The third-order valence-corrected chi connectivity index (χ3v) is 3.22. The van der Waals surface area contributed by atoms with E-state index in [1.807, 2.05) is 31.2 Å². The van der Waals surface area contributed by atoms with Gasteiger partial charge in [-0.15, -0.1) is 0 Å². The van der Waals surface area contributed by atoms with Crippen LogP contribution in [0.3, 0.4) is 0 Å². The highest BCUT2D eigenvalue weighted by Gasteiger charge is 2.06. The fraction of sp³-hybridized carbons (Fsp3) is 0.235. The molecule has 1 N–H and O–H groups in total. The van der Waals surface area contributed by atoms with Gasteiger partial charge in [-0.25, -0.2) is 4.39 Å². The van der Waals surface area contributed by atoms with Gasteiger partial charge in [0.25, 0.3) is 0 Å². The molecule has 2 nitrogen and oxygen atoms in total. The fourth-order valence-corrected chi connectivity index (χ4v) is 1.99. The number of halogens is 1. The molecule has 20 heavy (non-hydrogen) atoms. The molecule has 0 atom stereocenters. The monoisotopic (exact) mass is 271 g/mol. The van der Waals surface area contributed by atoms with Crippen molar-refractivity contribution in [3.8, 4) is 0 Å². The molecule has 0 heterocycles. The minimum atomic E-state index is -0.292. The summed E-state index contributed by atoms with van der Waals surface area (Å²) in [6.07, 6.45) is 1.12. The maximum Gasteiger partial charge on any atom is 0.224 e. The van der Waals surface area contributed by atoms with E-state index in [0.29, 0.717) is 18.5 Å². The molecule has 1 amide bonds. The first-order chi connectivity index (χ1) is 9.54. The number of hydrogen-bond donors (Lipinski definition) is 1. The largest absolute Gasteiger partial charge is 0.326 e. The maximum absolute atomic E-state index is 13.0. The lowest BCUT2D eigenvalue weighted by Crippen LogP contribution is -2.13. The lowest BCUT2D eigenvalue weighted by Gasteiger charge is -2.08. The molecule has 0 fully saturated rings. The van der Waals surface area contributed by atoms with Crippen LogP contribution in [0.15, 0.2) is 42.5 Å². The Morgan fingerprint density at radius 3 is 2.45 bits per heavy atom. The SMILES string of the molecule is Cc1ccc(CCC(=O)Nc2ccc(F)cc2C)cc1. The molecule has 0 aliphatic heterocycles. The normalized spacial score (nSPS) is 10.3. The molecule has 0 bridgehead atoms. The summed E-state index contributed by atoms with van der Waals surface area (Å²) in [6.45, 7) is 3.81. The first kappa shape index (κ1) is 14.3. The molecule has 0 aliphatic carbocycles. The Hall–Kier alpha value is -2.16. The van der Waals surface area contributed by atoms with E-state index in [-0.39, 0.29) is 11.7 Å². The third kappa shape index (κ3) is 3.92. The van der Waals surface area contributed by atoms with Crippen LogP contribution in [0.5, 0.6) is 0 Å². The summed E-state index contributed by atoms with van der Waals surface area (Å²) < 4.78 is 13.0. The summed E-state index contributed by atoms with van der Waals surface area (Å²) in [7, 11) is 0. The summed E-state index contributed by atoms with van der Waals surface area (Å²) in [5, 5.41) is 2.81. The first-order valence-electron chi connectivity index (χ1n) is 6.66. The van der Waals surface area contributed by atoms with Crippen LogP contribution in [0, 0.1) is 19.7 Å². The van der Waals surface area contributed by atoms with Crippen LogP contribution >= 0.6 is 0 Å². The summed E-state index contributed by atoms with van der Waals surface area (Å²) >= 11 is 0. The van der Waals surface area contributed by atoms with Crippen molar-refractivity contribution in [2.45, 2.75) is 26.7 Å². The molecule has 0 unspecified atom stereocenters. The molecular weight excluding hydrogens is 253 g/mol. The molecule has 3 heteroatoms. The van der Waals surface area contributed by atoms with Crippen LogP contribution in [0.25, 0.3) is 0 Å². The lowest BCUT2D eigenvalue weighted by atomic mass is 10.1. The number of hydrogen-bond acceptors (Lipinski definition) is 1. The molecule has 0 saturated heterocycles. The van der Waals surface area contributed by atoms with E-state index in [0.717, 1.165) is 11.1 Å². The predicted molar refractivity (Wildman–Crippen MR) is 79.3 cm³/mol. The molecule has 104 valence electrons. The number of carbonyl (C=O) groups excluding carboxylic acids is 1. The Morgan fingerprint density at radius 2 is 1.80 bits per heavy atom. The van der Waals surface area contributed by atoms with Crippen molar-refractivity contribution in [1.29, 1.82) is 0 Å². The van der Waals surface area contributed by atoms with Gasteiger partial charge in [0.2, 0.25) is 5.91 Å². The van der Waals surface area contributed by atoms with E-state index in [4.69, 9.17) is 0 Å². The van der Waals surface area contributed by atoms with Crippen LogP contribution in [0.4, 0.5) is 10.1 Å². The molecule has 0 spiro atoms. The molecule has 0 saturated carbocycles. The van der Waals surface area contributed by atoms with Crippen LogP contribution < -0.4 is 5.32 Å². The number of anilines is 1. The summed E-state index contributed by atoms with van der Waals surface area (Å²) in [6, 6.07) is 12.5. The average molecular weight is 271 g/mol. The van der Waals surface area contributed by atoms with Crippen molar-refractivity contribution in [3.05, 3.63) is 65.0 Å². The van der Waals surface area contributed by atoms with Crippen molar-refractivity contribution in [2.75, 3.05) is 5.32 Å². The Kier molecular flexibility index (Phi) is 4.51. The highest BCUT2D eigenvalue weighted by atomic mass is 19.1. The fourth-order valence-electron chi connectivity index (χ4n) is 1.99. The quantitative estimate of drug-likeness (QED) is 0.894. The molecule has 2 aromatic rings. The molecule has 2 aromatic carbocycles. The van der Waals surface area contributed by atoms with Crippen molar-refractivity contribution in [3.63, 3.8) is 0 Å². The van der Waals surface area contributed by atoms with Gasteiger partial charge in [0.05, 0.1) is 0 Å². The van der Waals surface area contributed by atoms with Crippen LogP contribution in [-0.2, 0) is 11.2 Å². The summed E-state index contributed by atoms with van der Waals surface area (Å²) in [5.41, 5.74) is 3.75. The zero-order valence-corrected chi connectivity index (χ0v) is 11.7. The van der Waals surface area contributed by atoms with Gasteiger partial charge in [0.1, 0.15) is 5.82 Å². The zero-order valence-electron chi connectivity index (χ0n) is 11.7. The number of benzene rings is 2.